The monoisotopic (exact) mass is 343 g/mol. The van der Waals surface area contributed by atoms with Gasteiger partial charge in [0.15, 0.2) is 0 Å². The van der Waals surface area contributed by atoms with Crippen LogP contribution in [0.25, 0.3) is 0 Å². The lowest BCUT2D eigenvalue weighted by Gasteiger charge is -2.32. The third-order valence-corrected chi connectivity index (χ3v) is 4.42. The van der Waals surface area contributed by atoms with E-state index in [1.165, 1.54) is 12.1 Å². The second kappa shape index (κ2) is 8.01. The number of benzene rings is 2. The summed E-state index contributed by atoms with van der Waals surface area (Å²) in [4.78, 5) is 14.4. The van der Waals surface area contributed by atoms with E-state index in [0.29, 0.717) is 18.9 Å². The predicted molar refractivity (Wildman–Crippen MR) is 93.0 cm³/mol. The number of aromatic hydroxyl groups is 1. The van der Waals surface area contributed by atoms with Crippen LogP contribution in [0, 0.1) is 11.7 Å². The van der Waals surface area contributed by atoms with Gasteiger partial charge in [0.05, 0.1) is 13.0 Å². The number of phenols is 1. The Morgan fingerprint density at radius 2 is 2.08 bits per heavy atom. The predicted octanol–water partition coefficient (Wildman–Crippen LogP) is 3.39. The number of phenolic OH excluding ortho intramolecular Hbond substituents is 1. The van der Waals surface area contributed by atoms with E-state index >= 15 is 0 Å². The van der Waals surface area contributed by atoms with E-state index in [4.69, 9.17) is 4.74 Å². The molecule has 1 aliphatic heterocycles. The van der Waals surface area contributed by atoms with Crippen LogP contribution >= 0.6 is 0 Å². The summed E-state index contributed by atoms with van der Waals surface area (Å²) in [5, 5.41) is 9.51. The van der Waals surface area contributed by atoms with E-state index in [9.17, 15) is 14.3 Å². The van der Waals surface area contributed by atoms with Crippen molar-refractivity contribution in [2.45, 2.75) is 19.3 Å². The normalized spacial score (nSPS) is 17.3. The third kappa shape index (κ3) is 4.95. The zero-order valence-corrected chi connectivity index (χ0v) is 14.0. The minimum atomic E-state index is -0.316. The number of hydrogen-bond donors (Lipinski definition) is 1. The van der Waals surface area contributed by atoms with Crippen LogP contribution in [0.3, 0.4) is 0 Å². The van der Waals surface area contributed by atoms with Crippen molar-refractivity contribution in [2.24, 2.45) is 5.92 Å². The number of ether oxygens (including phenoxy) is 1. The average Bonchev–Trinajstić information content (AvgIpc) is 2.60. The molecule has 1 N–H and O–H groups in total. The van der Waals surface area contributed by atoms with E-state index in [1.54, 1.807) is 30.3 Å². The molecule has 5 heteroatoms. The number of hydrogen-bond acceptors (Lipinski definition) is 3. The molecule has 0 radical (unpaired) electrons. The van der Waals surface area contributed by atoms with Crippen LogP contribution in [0.4, 0.5) is 4.39 Å². The summed E-state index contributed by atoms with van der Waals surface area (Å²) in [7, 11) is 0. The highest BCUT2D eigenvalue weighted by atomic mass is 19.1. The molecular formula is C20H22FNO3. The minimum Gasteiger partial charge on any atom is -0.508 e. The first-order valence-corrected chi connectivity index (χ1v) is 8.54. The van der Waals surface area contributed by atoms with Gasteiger partial charge in [0.2, 0.25) is 5.91 Å². The van der Waals surface area contributed by atoms with Crippen molar-refractivity contribution in [3.63, 3.8) is 0 Å². The highest BCUT2D eigenvalue weighted by Crippen LogP contribution is 2.20. The molecular weight excluding hydrogens is 321 g/mol. The Bertz CT molecular complexity index is 734. The minimum absolute atomic E-state index is 0.0565. The summed E-state index contributed by atoms with van der Waals surface area (Å²) < 4.78 is 18.9. The average molecular weight is 343 g/mol. The molecule has 132 valence electrons. The lowest BCUT2D eigenvalue weighted by atomic mass is 9.98. The fourth-order valence-corrected chi connectivity index (χ4v) is 3.15. The molecule has 1 amide bonds. The number of carbonyl (C=O) groups excluding carboxylic acids is 1. The first-order valence-electron chi connectivity index (χ1n) is 8.54. The molecule has 0 saturated carbocycles. The van der Waals surface area contributed by atoms with Crippen molar-refractivity contribution in [3.05, 3.63) is 59.9 Å². The van der Waals surface area contributed by atoms with Gasteiger partial charge >= 0.3 is 0 Å². The Morgan fingerprint density at radius 1 is 1.24 bits per heavy atom. The smallest absolute Gasteiger partial charge is 0.227 e. The lowest BCUT2D eigenvalue weighted by Crippen LogP contribution is -2.42. The van der Waals surface area contributed by atoms with E-state index in [-0.39, 0.29) is 29.8 Å². The maximum Gasteiger partial charge on any atom is 0.227 e. The first-order chi connectivity index (χ1) is 12.1. The van der Waals surface area contributed by atoms with Gasteiger partial charge in [-0.05, 0) is 42.7 Å². The molecule has 4 nitrogen and oxygen atoms in total. The molecule has 1 saturated heterocycles. The van der Waals surface area contributed by atoms with Crippen molar-refractivity contribution in [1.82, 2.24) is 4.90 Å². The Hall–Kier alpha value is -2.56. The number of nitrogens with zero attached hydrogens (tertiary/aromatic N) is 1. The van der Waals surface area contributed by atoms with Crippen molar-refractivity contribution in [1.29, 1.82) is 0 Å². The molecule has 3 rings (SSSR count). The molecule has 25 heavy (non-hydrogen) atoms. The van der Waals surface area contributed by atoms with Gasteiger partial charge in [-0.15, -0.1) is 0 Å². The number of halogens is 1. The Balaban J connectivity index is 1.52. The summed E-state index contributed by atoms with van der Waals surface area (Å²) in [5.74, 6) is 0.670. The highest BCUT2D eigenvalue weighted by Gasteiger charge is 2.24. The molecule has 0 unspecified atom stereocenters. The van der Waals surface area contributed by atoms with E-state index in [1.807, 2.05) is 11.0 Å². The largest absolute Gasteiger partial charge is 0.508 e. The molecule has 1 atom stereocenters. The highest BCUT2D eigenvalue weighted by molar-refractivity contribution is 5.79. The molecule has 2 aromatic rings. The van der Waals surface area contributed by atoms with Crippen molar-refractivity contribution >= 4 is 5.91 Å². The summed E-state index contributed by atoms with van der Waals surface area (Å²) >= 11 is 0. The third-order valence-electron chi connectivity index (χ3n) is 4.42. The first kappa shape index (κ1) is 17.3. The SMILES string of the molecule is O=C(Cc1cccc(O)c1)N1CCC[C@H](COc2cccc(F)c2)C1. The van der Waals surface area contributed by atoms with Crippen LogP contribution in [-0.4, -0.2) is 35.6 Å². The zero-order chi connectivity index (χ0) is 17.6. The van der Waals surface area contributed by atoms with Crippen LogP contribution < -0.4 is 4.74 Å². The van der Waals surface area contributed by atoms with Crippen LogP contribution in [-0.2, 0) is 11.2 Å². The summed E-state index contributed by atoms with van der Waals surface area (Å²) in [6.07, 6.45) is 2.21. The van der Waals surface area contributed by atoms with Gasteiger partial charge in [-0.3, -0.25) is 4.79 Å². The van der Waals surface area contributed by atoms with Crippen LogP contribution in [0.2, 0.25) is 0 Å². The maximum absolute atomic E-state index is 13.2. The van der Waals surface area contributed by atoms with Crippen molar-refractivity contribution < 1.29 is 19.0 Å². The summed E-state index contributed by atoms with van der Waals surface area (Å²) in [5.41, 5.74) is 0.808. The van der Waals surface area contributed by atoms with E-state index in [2.05, 4.69) is 0 Å². The fraction of sp³-hybridized carbons (Fsp3) is 0.350. The summed E-state index contributed by atoms with van der Waals surface area (Å²) in [6.45, 7) is 1.86. The van der Waals surface area contributed by atoms with Gasteiger partial charge in [-0.25, -0.2) is 4.39 Å². The maximum atomic E-state index is 13.2. The molecule has 2 aromatic carbocycles. The lowest BCUT2D eigenvalue weighted by molar-refractivity contribution is -0.132. The molecule has 0 aromatic heterocycles. The topological polar surface area (TPSA) is 49.8 Å². The number of carbonyl (C=O) groups is 1. The number of amides is 1. The molecule has 1 fully saturated rings. The Kier molecular flexibility index (Phi) is 5.53. The molecule has 1 heterocycles. The van der Waals surface area contributed by atoms with Crippen molar-refractivity contribution in [2.75, 3.05) is 19.7 Å². The van der Waals surface area contributed by atoms with Gasteiger partial charge in [-0.2, -0.15) is 0 Å². The fourth-order valence-electron chi connectivity index (χ4n) is 3.15. The van der Waals surface area contributed by atoms with E-state index < -0.39 is 0 Å². The Labute approximate surface area is 146 Å². The van der Waals surface area contributed by atoms with Gasteiger partial charge in [0, 0.05) is 25.1 Å². The quantitative estimate of drug-likeness (QED) is 0.905. The van der Waals surface area contributed by atoms with Crippen LogP contribution in [0.1, 0.15) is 18.4 Å². The molecule has 0 spiro atoms. The van der Waals surface area contributed by atoms with Crippen LogP contribution in [0.5, 0.6) is 11.5 Å². The van der Waals surface area contributed by atoms with E-state index in [0.717, 1.165) is 24.9 Å². The second-order valence-corrected chi connectivity index (χ2v) is 6.46. The zero-order valence-electron chi connectivity index (χ0n) is 14.0. The van der Waals surface area contributed by atoms with Gasteiger partial charge in [0.25, 0.3) is 0 Å². The van der Waals surface area contributed by atoms with Crippen LogP contribution in [0.15, 0.2) is 48.5 Å². The summed E-state index contributed by atoms with van der Waals surface area (Å²) in [6, 6.07) is 12.9. The molecule has 1 aliphatic rings. The molecule has 0 bridgehead atoms. The number of rotatable bonds is 5. The number of piperidine rings is 1. The Morgan fingerprint density at radius 3 is 2.88 bits per heavy atom. The number of likely N-dealkylation sites (tertiary alicyclic amines) is 1. The standard InChI is InChI=1S/C20H22FNO3/c21-17-6-2-8-19(12-17)25-14-16-5-3-9-22(13-16)20(24)11-15-4-1-7-18(23)10-15/h1-2,4,6-8,10,12,16,23H,3,5,9,11,13-14H2/t16-/m0/s1. The van der Waals surface area contributed by atoms with Gasteiger partial charge in [0.1, 0.15) is 17.3 Å². The molecule has 0 aliphatic carbocycles. The van der Waals surface area contributed by atoms with Gasteiger partial charge in [-0.1, -0.05) is 18.2 Å². The van der Waals surface area contributed by atoms with Gasteiger partial charge < -0.3 is 14.7 Å². The van der Waals surface area contributed by atoms with Crippen molar-refractivity contribution in [3.8, 4) is 11.5 Å². The second-order valence-electron chi connectivity index (χ2n) is 6.46.